The van der Waals surface area contributed by atoms with E-state index in [1.165, 1.54) is 31.4 Å². The molecule has 0 radical (unpaired) electrons. The lowest BCUT2D eigenvalue weighted by atomic mass is 10.2. The molecule has 0 spiro atoms. The highest BCUT2D eigenvalue weighted by atomic mass is 32.2. The van der Waals surface area contributed by atoms with Gasteiger partial charge in [0.2, 0.25) is 5.75 Å². The first-order valence-corrected chi connectivity index (χ1v) is 9.96. The Morgan fingerprint density at radius 1 is 1.25 bits per heavy atom. The van der Waals surface area contributed by atoms with Gasteiger partial charge in [0.05, 0.1) is 29.8 Å². The van der Waals surface area contributed by atoms with E-state index in [9.17, 15) is 18.5 Å². The molecular weight excluding hydrogens is 386 g/mol. The molecule has 0 fully saturated rings. The first kappa shape index (κ1) is 21.2. The lowest BCUT2D eigenvalue weighted by Gasteiger charge is -2.11. The number of rotatable bonds is 10. The van der Waals surface area contributed by atoms with E-state index in [0.717, 1.165) is 19.1 Å². The van der Waals surface area contributed by atoms with Crippen molar-refractivity contribution < 1.29 is 22.8 Å². The first-order chi connectivity index (χ1) is 13.4. The summed E-state index contributed by atoms with van der Waals surface area (Å²) in [6.45, 7) is 2.29. The average molecular weight is 407 g/mol. The fourth-order valence-electron chi connectivity index (χ4n) is 2.26. The number of nitro groups is 1. The standard InChI is InChI=1S/C18H21N3O6S/c1-3-4-10-27-18-16(21(22)23)11-14(12-17(18)26-2)13-19-20-28(24,25)15-8-6-5-7-9-15/h5-9,11-13,20H,3-4,10H2,1-2H3/b19-13+. The summed E-state index contributed by atoms with van der Waals surface area (Å²) >= 11 is 0. The Balaban J connectivity index is 2.27. The van der Waals surface area contributed by atoms with Crippen LogP contribution in [0.3, 0.4) is 0 Å². The van der Waals surface area contributed by atoms with Crippen LogP contribution in [0.2, 0.25) is 0 Å². The third kappa shape index (κ3) is 5.43. The van der Waals surface area contributed by atoms with Crippen molar-refractivity contribution >= 4 is 21.9 Å². The molecule has 0 aliphatic heterocycles. The fourth-order valence-corrected chi connectivity index (χ4v) is 3.07. The van der Waals surface area contributed by atoms with Crippen molar-refractivity contribution in [3.8, 4) is 11.5 Å². The van der Waals surface area contributed by atoms with Gasteiger partial charge < -0.3 is 9.47 Å². The molecular formula is C18H21N3O6S. The van der Waals surface area contributed by atoms with E-state index in [2.05, 4.69) is 9.93 Å². The van der Waals surface area contributed by atoms with Gasteiger partial charge >= 0.3 is 5.69 Å². The Labute approximate surface area is 163 Å². The predicted molar refractivity (Wildman–Crippen MR) is 104 cm³/mol. The van der Waals surface area contributed by atoms with Gasteiger partial charge in [0.1, 0.15) is 0 Å². The minimum atomic E-state index is -3.83. The molecule has 0 amide bonds. The largest absolute Gasteiger partial charge is 0.493 e. The number of hydrazone groups is 1. The lowest BCUT2D eigenvalue weighted by Crippen LogP contribution is -2.18. The van der Waals surface area contributed by atoms with E-state index >= 15 is 0 Å². The Bertz CT molecular complexity index is 945. The van der Waals surface area contributed by atoms with Crippen molar-refractivity contribution in [3.05, 3.63) is 58.1 Å². The predicted octanol–water partition coefficient (Wildman–Crippen LogP) is 3.09. The molecule has 0 unspecified atom stereocenters. The van der Waals surface area contributed by atoms with Gasteiger partial charge in [-0.2, -0.15) is 13.5 Å². The minimum absolute atomic E-state index is 0.0305. The number of ether oxygens (including phenoxy) is 2. The van der Waals surface area contributed by atoms with E-state index in [1.807, 2.05) is 6.92 Å². The van der Waals surface area contributed by atoms with Crippen LogP contribution in [0.4, 0.5) is 5.69 Å². The van der Waals surface area contributed by atoms with Gasteiger partial charge in [-0.05, 0) is 24.6 Å². The number of hydrogen-bond donors (Lipinski definition) is 1. The minimum Gasteiger partial charge on any atom is -0.493 e. The number of nitro benzene ring substituents is 1. The molecule has 0 saturated carbocycles. The van der Waals surface area contributed by atoms with Crippen molar-refractivity contribution in [2.45, 2.75) is 24.7 Å². The molecule has 28 heavy (non-hydrogen) atoms. The van der Waals surface area contributed by atoms with E-state index < -0.39 is 14.9 Å². The molecule has 2 aromatic rings. The van der Waals surface area contributed by atoms with Gasteiger partial charge in [0.15, 0.2) is 5.75 Å². The van der Waals surface area contributed by atoms with Crippen molar-refractivity contribution in [2.75, 3.05) is 13.7 Å². The van der Waals surface area contributed by atoms with Gasteiger partial charge in [-0.1, -0.05) is 31.5 Å². The summed E-state index contributed by atoms with van der Waals surface area (Å²) in [5.74, 6) is 0.195. The summed E-state index contributed by atoms with van der Waals surface area (Å²) in [5.41, 5.74) is -0.00928. The highest BCUT2D eigenvalue weighted by molar-refractivity contribution is 7.89. The third-order valence-electron chi connectivity index (χ3n) is 3.66. The number of hydrogen-bond acceptors (Lipinski definition) is 7. The fraction of sp³-hybridized carbons (Fsp3) is 0.278. The maximum absolute atomic E-state index is 12.1. The van der Waals surface area contributed by atoms with Crippen LogP contribution in [-0.4, -0.2) is 33.3 Å². The first-order valence-electron chi connectivity index (χ1n) is 8.48. The summed E-state index contributed by atoms with van der Waals surface area (Å²) in [7, 11) is -2.47. The molecule has 0 aromatic heterocycles. The third-order valence-corrected chi connectivity index (χ3v) is 4.90. The molecule has 0 bridgehead atoms. The van der Waals surface area contributed by atoms with Crippen molar-refractivity contribution in [1.82, 2.24) is 4.83 Å². The van der Waals surface area contributed by atoms with Gasteiger partial charge in [-0.25, -0.2) is 4.83 Å². The second-order valence-electron chi connectivity index (χ2n) is 5.70. The molecule has 0 heterocycles. The number of unbranched alkanes of at least 4 members (excludes halogenated alkanes) is 1. The van der Waals surface area contributed by atoms with E-state index in [4.69, 9.17) is 9.47 Å². The molecule has 150 valence electrons. The smallest absolute Gasteiger partial charge is 0.315 e. The van der Waals surface area contributed by atoms with E-state index in [0.29, 0.717) is 6.61 Å². The molecule has 1 N–H and O–H groups in total. The van der Waals surface area contributed by atoms with Crippen LogP contribution >= 0.6 is 0 Å². The van der Waals surface area contributed by atoms with Crippen LogP contribution in [0.5, 0.6) is 11.5 Å². The molecule has 10 heteroatoms. The van der Waals surface area contributed by atoms with Crippen LogP contribution in [0.15, 0.2) is 52.5 Å². The molecule has 0 aliphatic rings. The molecule has 0 atom stereocenters. The summed E-state index contributed by atoms with van der Waals surface area (Å²) < 4.78 is 35.0. The van der Waals surface area contributed by atoms with Crippen LogP contribution in [0.1, 0.15) is 25.3 Å². The zero-order valence-electron chi connectivity index (χ0n) is 15.5. The second kappa shape index (κ2) is 9.70. The number of methoxy groups -OCH3 is 1. The van der Waals surface area contributed by atoms with Gasteiger partial charge in [0, 0.05) is 11.6 Å². The molecule has 9 nitrogen and oxygen atoms in total. The van der Waals surface area contributed by atoms with E-state index in [1.54, 1.807) is 18.2 Å². The quantitative estimate of drug-likeness (QED) is 0.280. The normalized spacial score (nSPS) is 11.4. The highest BCUT2D eigenvalue weighted by Gasteiger charge is 2.22. The monoisotopic (exact) mass is 407 g/mol. The van der Waals surface area contributed by atoms with Gasteiger partial charge in [-0.3, -0.25) is 10.1 Å². The Kier molecular flexibility index (Phi) is 7.33. The van der Waals surface area contributed by atoms with Crippen LogP contribution in [-0.2, 0) is 10.0 Å². The SMILES string of the molecule is CCCCOc1c(OC)cc(/C=N/NS(=O)(=O)c2ccccc2)cc1[N+](=O)[O-]. The van der Waals surface area contributed by atoms with Gasteiger partial charge in [0.25, 0.3) is 10.0 Å². The molecule has 0 saturated heterocycles. The molecule has 0 aliphatic carbocycles. The van der Waals surface area contributed by atoms with Crippen LogP contribution in [0.25, 0.3) is 0 Å². The zero-order valence-corrected chi connectivity index (χ0v) is 16.3. The number of sulfonamides is 1. The summed E-state index contributed by atoms with van der Waals surface area (Å²) in [5, 5.41) is 15.1. The Morgan fingerprint density at radius 2 is 1.96 bits per heavy atom. The number of benzene rings is 2. The summed E-state index contributed by atoms with van der Waals surface area (Å²) in [6, 6.07) is 10.4. The number of nitrogens with zero attached hydrogens (tertiary/aromatic N) is 2. The van der Waals surface area contributed by atoms with E-state index in [-0.39, 0.29) is 27.6 Å². The molecule has 2 aromatic carbocycles. The topological polar surface area (TPSA) is 120 Å². The van der Waals surface area contributed by atoms with Crippen LogP contribution < -0.4 is 14.3 Å². The van der Waals surface area contributed by atoms with Crippen LogP contribution in [0, 0.1) is 10.1 Å². The highest BCUT2D eigenvalue weighted by Crippen LogP contribution is 2.38. The number of nitrogens with one attached hydrogen (secondary N) is 1. The summed E-state index contributed by atoms with van der Waals surface area (Å²) in [4.78, 5) is 12.9. The second-order valence-corrected chi connectivity index (χ2v) is 7.36. The maximum Gasteiger partial charge on any atom is 0.315 e. The zero-order chi connectivity index (χ0) is 20.6. The van der Waals surface area contributed by atoms with Crippen molar-refractivity contribution in [1.29, 1.82) is 0 Å². The summed E-state index contributed by atoms with van der Waals surface area (Å²) in [6.07, 6.45) is 2.78. The Hall–Kier alpha value is -3.14. The Morgan fingerprint density at radius 3 is 2.57 bits per heavy atom. The van der Waals surface area contributed by atoms with Gasteiger partial charge in [-0.15, -0.1) is 0 Å². The maximum atomic E-state index is 12.1. The molecule has 2 rings (SSSR count). The lowest BCUT2D eigenvalue weighted by molar-refractivity contribution is -0.386. The van der Waals surface area contributed by atoms with Crippen molar-refractivity contribution in [2.24, 2.45) is 5.10 Å². The average Bonchev–Trinajstić information content (AvgIpc) is 2.69. The van der Waals surface area contributed by atoms with Crippen molar-refractivity contribution in [3.63, 3.8) is 0 Å².